The molecule has 1 rings (SSSR count). The molecule has 0 aliphatic rings. The summed E-state index contributed by atoms with van der Waals surface area (Å²) in [5.74, 6) is -0.303. The van der Waals surface area contributed by atoms with Gasteiger partial charge in [0.1, 0.15) is 11.8 Å². The van der Waals surface area contributed by atoms with Crippen LogP contribution in [0, 0.1) is 0 Å². The average molecular weight is 224 g/mol. The number of ether oxygens (including phenoxy) is 1. The molecular formula is C11H16N2O3. The van der Waals surface area contributed by atoms with Crippen LogP contribution < -0.4 is 16.2 Å². The lowest BCUT2D eigenvalue weighted by molar-refractivity contribution is -0.138. The van der Waals surface area contributed by atoms with E-state index in [1.165, 1.54) is 0 Å². The predicted octanol–water partition coefficient (Wildman–Crippen LogP) is 0.497. The second-order valence-electron chi connectivity index (χ2n) is 3.56. The normalized spacial score (nSPS) is 14.2. The number of methoxy groups -OCH3 is 1. The largest absolute Gasteiger partial charge is 0.497 e. The van der Waals surface area contributed by atoms with Gasteiger partial charge in [0.05, 0.1) is 7.11 Å². The Bertz CT molecular complexity index is 351. The molecule has 1 aromatic carbocycles. The number of carbonyl (C=O) groups is 1. The molecule has 2 atom stereocenters. The molecule has 16 heavy (non-hydrogen) atoms. The van der Waals surface area contributed by atoms with E-state index in [0.717, 1.165) is 11.3 Å². The van der Waals surface area contributed by atoms with Crippen LogP contribution in [0.25, 0.3) is 0 Å². The fraction of sp³-hybridized carbons (Fsp3) is 0.364. The van der Waals surface area contributed by atoms with Crippen molar-refractivity contribution >= 4 is 5.97 Å². The Morgan fingerprint density at radius 2 is 1.94 bits per heavy atom. The molecule has 0 saturated heterocycles. The molecule has 0 radical (unpaired) electrons. The van der Waals surface area contributed by atoms with Crippen molar-refractivity contribution in [3.63, 3.8) is 0 Å². The summed E-state index contributed by atoms with van der Waals surface area (Å²) in [6, 6.07) is 5.85. The van der Waals surface area contributed by atoms with Gasteiger partial charge in [0.2, 0.25) is 0 Å². The van der Waals surface area contributed by atoms with E-state index >= 15 is 0 Å². The molecule has 0 bridgehead atoms. The Balaban J connectivity index is 2.65. The van der Waals surface area contributed by atoms with Crippen molar-refractivity contribution in [1.29, 1.82) is 0 Å². The maximum absolute atomic E-state index is 10.6. The van der Waals surface area contributed by atoms with Gasteiger partial charge in [-0.05, 0) is 24.1 Å². The van der Waals surface area contributed by atoms with Gasteiger partial charge < -0.3 is 21.3 Å². The lowest BCUT2D eigenvalue weighted by atomic mass is 10.0. The number of hydrogen-bond donors (Lipinski definition) is 3. The highest BCUT2D eigenvalue weighted by atomic mass is 16.5. The summed E-state index contributed by atoms with van der Waals surface area (Å²) >= 11 is 0. The van der Waals surface area contributed by atoms with Crippen LogP contribution in [0.15, 0.2) is 24.3 Å². The van der Waals surface area contributed by atoms with Gasteiger partial charge in [-0.3, -0.25) is 4.79 Å². The zero-order valence-electron chi connectivity index (χ0n) is 9.09. The first-order chi connectivity index (χ1) is 7.54. The van der Waals surface area contributed by atoms with Crippen molar-refractivity contribution in [1.82, 2.24) is 0 Å². The molecular weight excluding hydrogens is 208 g/mol. The molecule has 0 saturated carbocycles. The van der Waals surface area contributed by atoms with E-state index < -0.39 is 12.0 Å². The molecule has 0 amide bonds. The van der Waals surface area contributed by atoms with Gasteiger partial charge in [-0.1, -0.05) is 12.1 Å². The van der Waals surface area contributed by atoms with Crippen molar-refractivity contribution in [3.05, 3.63) is 29.8 Å². The molecule has 0 unspecified atom stereocenters. The fourth-order valence-electron chi connectivity index (χ4n) is 1.36. The molecule has 0 aromatic heterocycles. The molecule has 5 N–H and O–H groups in total. The maximum atomic E-state index is 10.6. The summed E-state index contributed by atoms with van der Waals surface area (Å²) in [5, 5.41) is 8.66. The summed E-state index contributed by atoms with van der Waals surface area (Å²) in [5.41, 5.74) is 12.1. The number of benzene rings is 1. The first-order valence-electron chi connectivity index (χ1n) is 4.92. The van der Waals surface area contributed by atoms with E-state index in [1.54, 1.807) is 31.4 Å². The van der Waals surface area contributed by atoms with E-state index in [0.29, 0.717) is 0 Å². The van der Waals surface area contributed by atoms with Crippen LogP contribution in [-0.4, -0.2) is 24.2 Å². The van der Waals surface area contributed by atoms with Crippen molar-refractivity contribution in [2.24, 2.45) is 11.5 Å². The Kier molecular flexibility index (Phi) is 4.28. The van der Waals surface area contributed by atoms with E-state index in [-0.39, 0.29) is 12.5 Å². The quantitative estimate of drug-likeness (QED) is 0.676. The van der Waals surface area contributed by atoms with E-state index in [9.17, 15) is 4.79 Å². The lowest BCUT2D eigenvalue weighted by Crippen LogP contribution is -2.33. The minimum Gasteiger partial charge on any atom is -0.497 e. The molecule has 0 spiro atoms. The van der Waals surface area contributed by atoms with Gasteiger partial charge in [0.15, 0.2) is 0 Å². The zero-order valence-corrected chi connectivity index (χ0v) is 9.09. The third-order valence-corrected chi connectivity index (χ3v) is 2.37. The van der Waals surface area contributed by atoms with Crippen LogP contribution in [0.5, 0.6) is 5.75 Å². The van der Waals surface area contributed by atoms with Crippen LogP contribution in [-0.2, 0) is 4.79 Å². The molecule has 5 nitrogen and oxygen atoms in total. The van der Waals surface area contributed by atoms with Gasteiger partial charge >= 0.3 is 5.97 Å². The second-order valence-corrected chi connectivity index (χ2v) is 3.56. The van der Waals surface area contributed by atoms with E-state index in [1.807, 2.05) is 0 Å². The molecule has 88 valence electrons. The smallest absolute Gasteiger partial charge is 0.320 e. The Labute approximate surface area is 94.0 Å². The number of nitrogens with two attached hydrogens (primary N) is 2. The van der Waals surface area contributed by atoms with Crippen molar-refractivity contribution in [3.8, 4) is 5.75 Å². The summed E-state index contributed by atoms with van der Waals surface area (Å²) in [7, 11) is 1.58. The third-order valence-electron chi connectivity index (χ3n) is 2.37. The van der Waals surface area contributed by atoms with Crippen LogP contribution in [0.4, 0.5) is 0 Å². The SMILES string of the molecule is COc1ccc([C@@H](N)C[C@@H](N)C(=O)O)cc1. The predicted molar refractivity (Wildman–Crippen MR) is 60.2 cm³/mol. The lowest BCUT2D eigenvalue weighted by Gasteiger charge is -2.14. The topological polar surface area (TPSA) is 98.6 Å². The van der Waals surface area contributed by atoms with Crippen LogP contribution in [0.1, 0.15) is 18.0 Å². The molecule has 0 aliphatic heterocycles. The summed E-state index contributed by atoms with van der Waals surface area (Å²) < 4.78 is 5.01. The number of aliphatic carboxylic acids is 1. The van der Waals surface area contributed by atoms with Crippen LogP contribution >= 0.6 is 0 Å². The maximum Gasteiger partial charge on any atom is 0.320 e. The van der Waals surface area contributed by atoms with E-state index in [2.05, 4.69) is 0 Å². The standard InChI is InChI=1S/C11H16N2O3/c1-16-8-4-2-7(3-5-8)9(12)6-10(13)11(14)15/h2-5,9-10H,6,12-13H2,1H3,(H,14,15)/t9-,10+/m0/s1. The highest BCUT2D eigenvalue weighted by Crippen LogP contribution is 2.18. The Hall–Kier alpha value is -1.59. The Morgan fingerprint density at radius 3 is 2.38 bits per heavy atom. The summed E-state index contributed by atoms with van der Waals surface area (Å²) in [6.07, 6.45) is 0.210. The van der Waals surface area contributed by atoms with Gasteiger partial charge in [-0.25, -0.2) is 0 Å². The summed E-state index contributed by atoms with van der Waals surface area (Å²) in [4.78, 5) is 10.6. The molecule has 5 heteroatoms. The van der Waals surface area contributed by atoms with E-state index in [4.69, 9.17) is 21.3 Å². The number of carboxylic acid groups (broad SMARTS) is 1. The van der Waals surface area contributed by atoms with Crippen molar-refractivity contribution in [2.75, 3.05) is 7.11 Å². The molecule has 0 fully saturated rings. The van der Waals surface area contributed by atoms with Gasteiger partial charge in [-0.2, -0.15) is 0 Å². The number of carboxylic acids is 1. The van der Waals surface area contributed by atoms with Crippen molar-refractivity contribution in [2.45, 2.75) is 18.5 Å². The fourth-order valence-corrected chi connectivity index (χ4v) is 1.36. The van der Waals surface area contributed by atoms with Gasteiger partial charge in [0.25, 0.3) is 0 Å². The zero-order chi connectivity index (χ0) is 12.1. The monoisotopic (exact) mass is 224 g/mol. The van der Waals surface area contributed by atoms with Crippen LogP contribution in [0.2, 0.25) is 0 Å². The Morgan fingerprint density at radius 1 is 1.38 bits per heavy atom. The first-order valence-corrected chi connectivity index (χ1v) is 4.92. The second kappa shape index (κ2) is 5.48. The molecule has 1 aromatic rings. The average Bonchev–Trinajstić information content (AvgIpc) is 2.28. The highest BCUT2D eigenvalue weighted by molar-refractivity contribution is 5.73. The molecule has 0 heterocycles. The number of rotatable bonds is 5. The third kappa shape index (κ3) is 3.22. The number of hydrogen-bond acceptors (Lipinski definition) is 4. The highest BCUT2D eigenvalue weighted by Gasteiger charge is 2.16. The first kappa shape index (κ1) is 12.5. The van der Waals surface area contributed by atoms with Gasteiger partial charge in [-0.15, -0.1) is 0 Å². The van der Waals surface area contributed by atoms with Crippen molar-refractivity contribution < 1.29 is 14.6 Å². The van der Waals surface area contributed by atoms with Gasteiger partial charge in [0, 0.05) is 6.04 Å². The molecule has 0 aliphatic carbocycles. The minimum absolute atomic E-state index is 0.210. The van der Waals surface area contributed by atoms with Crippen LogP contribution in [0.3, 0.4) is 0 Å². The minimum atomic E-state index is -1.04. The summed E-state index contributed by atoms with van der Waals surface area (Å²) in [6.45, 7) is 0.